The van der Waals surface area contributed by atoms with Crippen LogP contribution in [0.5, 0.6) is 0 Å². The number of rotatable bonds is 13. The molecule has 10 heteroatoms. The van der Waals surface area contributed by atoms with Crippen LogP contribution in [-0.2, 0) is 10.2 Å². The zero-order valence-electron chi connectivity index (χ0n) is 38.3. The van der Waals surface area contributed by atoms with Crippen molar-refractivity contribution in [3.05, 3.63) is 161 Å². The Hall–Kier alpha value is -7.03. The summed E-state index contributed by atoms with van der Waals surface area (Å²) in [6, 6.07) is 47.1. The fourth-order valence-corrected chi connectivity index (χ4v) is 13.5. The number of aryl methyl sites for hydroxylation is 2. The average molecular weight is 942 g/mol. The molecule has 334 valence electrons. The van der Waals surface area contributed by atoms with Gasteiger partial charge in [0.15, 0.2) is 0 Å². The monoisotopic (exact) mass is 941 g/mol. The molecule has 0 amide bonds. The van der Waals surface area contributed by atoms with Crippen LogP contribution in [0.4, 0.5) is 17.1 Å². The van der Waals surface area contributed by atoms with Gasteiger partial charge in [0.05, 0.1) is 26.8 Å². The highest BCUT2D eigenvalue weighted by Crippen LogP contribution is 2.57. The van der Waals surface area contributed by atoms with E-state index >= 15 is 0 Å². The molecule has 0 unspecified atom stereocenters. The SMILES string of the molecule is CCCCC1(CCCC)c2cc(-c3cc4c5cc(C)c(C)cc5c5cc(-c6cnc(/C=C(\C#N)C(=O)O)c7nsnc67)sc5c4s3)ccc2-c2ccc(N(c3ccccc3)c3ccccc3)cc21. The molecule has 1 aliphatic carbocycles. The molecule has 1 aliphatic rings. The topological polar surface area (TPSA) is 103 Å². The van der Waals surface area contributed by atoms with Crippen LogP contribution in [0.25, 0.3) is 80.1 Å². The summed E-state index contributed by atoms with van der Waals surface area (Å²) in [4.78, 5) is 21.0. The van der Waals surface area contributed by atoms with Gasteiger partial charge in [0, 0.05) is 54.8 Å². The van der Waals surface area contributed by atoms with E-state index in [0.29, 0.717) is 16.7 Å². The first-order valence-corrected chi connectivity index (χ1v) is 25.6. The standard InChI is InChI=1S/C58H47N5O2S3/c1-5-7-23-58(24-8-6-2)48-27-36(19-21-41(48)42-22-20-40(29-49(42)58)63(38-15-11-9-12-16-38)39-17-13-10-14-18-39)51-30-45-43-25-34(3)35(4)26-44(43)46-31-52(67-56(46)55(45)66-51)47-33-60-50(28-37(32-59)57(64)65)54-53(47)61-68-62-54/h9-22,25-31,33H,5-8,23-24H2,1-4H3,(H,64,65)/b37-28+. The molecule has 0 aliphatic heterocycles. The molecular formula is C58H47N5O2S3. The molecule has 7 nitrogen and oxygen atoms in total. The Kier molecular flexibility index (Phi) is 11.2. The Bertz CT molecular complexity index is 3640. The van der Waals surface area contributed by atoms with Crippen molar-refractivity contribution in [2.24, 2.45) is 0 Å². The highest BCUT2D eigenvalue weighted by Gasteiger charge is 2.43. The number of carboxylic acids is 1. The van der Waals surface area contributed by atoms with E-state index < -0.39 is 11.5 Å². The Morgan fingerprint density at radius 1 is 0.676 bits per heavy atom. The largest absolute Gasteiger partial charge is 0.477 e. The number of hydrogen-bond acceptors (Lipinski definition) is 9. The van der Waals surface area contributed by atoms with Crippen molar-refractivity contribution in [1.82, 2.24) is 13.7 Å². The van der Waals surface area contributed by atoms with Gasteiger partial charge in [-0.05, 0) is 137 Å². The molecule has 4 heterocycles. The fraction of sp³-hybridized carbons (Fsp3) is 0.190. The van der Waals surface area contributed by atoms with Crippen molar-refractivity contribution in [3.8, 4) is 38.1 Å². The molecule has 0 radical (unpaired) electrons. The summed E-state index contributed by atoms with van der Waals surface area (Å²) in [7, 11) is 0. The summed E-state index contributed by atoms with van der Waals surface area (Å²) in [6.07, 6.45) is 9.75. The van der Waals surface area contributed by atoms with Gasteiger partial charge < -0.3 is 10.0 Å². The maximum atomic E-state index is 11.7. The van der Waals surface area contributed by atoms with Gasteiger partial charge in [-0.1, -0.05) is 106 Å². The molecule has 0 spiro atoms. The molecule has 11 rings (SSSR count). The van der Waals surface area contributed by atoms with E-state index in [1.807, 2.05) is 11.3 Å². The normalized spacial score (nSPS) is 13.1. The zero-order chi connectivity index (χ0) is 46.7. The van der Waals surface area contributed by atoms with Gasteiger partial charge in [-0.15, -0.1) is 22.7 Å². The minimum absolute atomic E-state index is 0.130. The minimum atomic E-state index is -1.31. The van der Waals surface area contributed by atoms with Crippen LogP contribution in [0.3, 0.4) is 0 Å². The van der Waals surface area contributed by atoms with E-state index in [9.17, 15) is 15.2 Å². The minimum Gasteiger partial charge on any atom is -0.477 e. The van der Waals surface area contributed by atoms with Gasteiger partial charge in [0.25, 0.3) is 0 Å². The van der Waals surface area contributed by atoms with Crippen LogP contribution >= 0.6 is 34.4 Å². The number of pyridine rings is 1. The number of nitriles is 1. The fourth-order valence-electron chi connectivity index (χ4n) is 10.4. The first-order chi connectivity index (χ1) is 33.2. The van der Waals surface area contributed by atoms with Gasteiger partial charge in [-0.2, -0.15) is 14.0 Å². The molecule has 0 saturated carbocycles. The van der Waals surface area contributed by atoms with E-state index in [1.54, 1.807) is 23.6 Å². The third kappa shape index (κ3) is 7.19. The molecule has 0 fully saturated rings. The number of aromatic nitrogens is 3. The van der Waals surface area contributed by atoms with Gasteiger partial charge in [0.2, 0.25) is 0 Å². The van der Waals surface area contributed by atoms with Crippen LogP contribution in [0.2, 0.25) is 0 Å². The van der Waals surface area contributed by atoms with E-state index in [1.165, 1.54) is 86.5 Å². The van der Waals surface area contributed by atoms with Gasteiger partial charge in [-0.25, -0.2) is 4.79 Å². The number of carbonyl (C=O) groups is 1. The van der Waals surface area contributed by atoms with Crippen molar-refractivity contribution in [1.29, 1.82) is 5.26 Å². The number of nitrogens with zero attached hydrogens (tertiary/aromatic N) is 5. The Labute approximate surface area is 407 Å². The summed E-state index contributed by atoms with van der Waals surface area (Å²) in [5.41, 5.74) is 14.5. The highest BCUT2D eigenvalue weighted by atomic mass is 32.1. The van der Waals surface area contributed by atoms with Crippen LogP contribution in [0.1, 0.15) is 80.3 Å². The molecule has 4 aromatic heterocycles. The van der Waals surface area contributed by atoms with E-state index in [0.717, 1.165) is 72.1 Å². The van der Waals surface area contributed by atoms with Gasteiger partial charge >= 0.3 is 5.97 Å². The van der Waals surface area contributed by atoms with Crippen LogP contribution < -0.4 is 4.90 Å². The number of fused-ring (bicyclic) bond motifs is 10. The smallest absolute Gasteiger partial charge is 0.346 e. The maximum absolute atomic E-state index is 11.7. The van der Waals surface area contributed by atoms with E-state index in [-0.39, 0.29) is 5.41 Å². The van der Waals surface area contributed by atoms with Crippen molar-refractivity contribution in [2.45, 2.75) is 71.6 Å². The third-order valence-corrected chi connectivity index (χ3v) is 17.0. The van der Waals surface area contributed by atoms with Crippen LogP contribution in [0, 0.1) is 25.2 Å². The summed E-state index contributed by atoms with van der Waals surface area (Å²) in [5.74, 6) is -1.31. The molecule has 10 aromatic rings. The lowest BCUT2D eigenvalue weighted by molar-refractivity contribution is -0.132. The first-order valence-electron chi connectivity index (χ1n) is 23.3. The number of unbranched alkanes of at least 4 members (excludes halogenated alkanes) is 2. The average Bonchev–Trinajstić information content (AvgIpc) is 4.18. The van der Waals surface area contributed by atoms with Crippen molar-refractivity contribution in [3.63, 3.8) is 0 Å². The van der Waals surface area contributed by atoms with Crippen molar-refractivity contribution in [2.75, 3.05) is 4.90 Å². The second-order valence-corrected chi connectivity index (χ2v) is 20.6. The lowest BCUT2D eigenvalue weighted by Crippen LogP contribution is -2.26. The van der Waals surface area contributed by atoms with Gasteiger partial charge in [-0.3, -0.25) is 4.98 Å². The number of para-hydroxylation sites is 2. The predicted molar refractivity (Wildman–Crippen MR) is 285 cm³/mol. The number of anilines is 3. The molecule has 1 N–H and O–H groups in total. The zero-order valence-corrected chi connectivity index (χ0v) is 40.7. The highest BCUT2D eigenvalue weighted by molar-refractivity contribution is 7.30. The molecular weight excluding hydrogens is 895 g/mol. The van der Waals surface area contributed by atoms with Crippen molar-refractivity contribution < 1.29 is 9.90 Å². The maximum Gasteiger partial charge on any atom is 0.346 e. The van der Waals surface area contributed by atoms with E-state index in [4.69, 9.17) is 0 Å². The molecule has 6 aromatic carbocycles. The molecule has 0 atom stereocenters. The first kappa shape index (κ1) is 43.5. The summed E-state index contributed by atoms with van der Waals surface area (Å²) >= 11 is 4.65. The van der Waals surface area contributed by atoms with Crippen LogP contribution in [0.15, 0.2) is 133 Å². The van der Waals surface area contributed by atoms with E-state index in [2.05, 4.69) is 168 Å². The van der Waals surface area contributed by atoms with Gasteiger partial charge in [0.1, 0.15) is 22.7 Å². The summed E-state index contributed by atoms with van der Waals surface area (Å²) in [6.45, 7) is 9.01. The number of thiophene rings is 2. The summed E-state index contributed by atoms with van der Waals surface area (Å²) < 4.78 is 11.6. The Morgan fingerprint density at radius 2 is 1.25 bits per heavy atom. The number of hydrogen-bond donors (Lipinski definition) is 1. The summed E-state index contributed by atoms with van der Waals surface area (Å²) in [5, 5.41) is 23.9. The number of benzene rings is 6. The number of carboxylic acid groups (broad SMARTS) is 1. The second-order valence-electron chi connectivity index (χ2n) is 18.0. The molecule has 0 saturated heterocycles. The third-order valence-electron chi connectivity index (χ3n) is 13.9. The molecule has 0 bridgehead atoms. The lowest BCUT2D eigenvalue weighted by Gasteiger charge is -2.34. The lowest BCUT2D eigenvalue weighted by atomic mass is 9.70. The molecule has 68 heavy (non-hydrogen) atoms. The number of aliphatic carboxylic acids is 1. The Morgan fingerprint density at radius 3 is 1.85 bits per heavy atom. The Balaban J connectivity index is 1.08. The predicted octanol–water partition coefficient (Wildman–Crippen LogP) is 16.7. The van der Waals surface area contributed by atoms with Crippen LogP contribution in [-0.4, -0.2) is 24.8 Å². The second kappa shape index (κ2) is 17.6. The van der Waals surface area contributed by atoms with Crippen molar-refractivity contribution >= 4 is 105 Å². The quantitative estimate of drug-likeness (QED) is 0.0907.